The average Bonchev–Trinajstić information content (AvgIpc) is 2.48. The SMILES string of the molecule is CCn1cc([N+](=O)[O-])c(=O)n(CC(CC)(CC)CS)c1=O. The molecule has 21 heavy (non-hydrogen) atoms. The van der Waals surface area contributed by atoms with E-state index in [1.165, 1.54) is 4.57 Å². The first-order chi connectivity index (χ1) is 9.85. The summed E-state index contributed by atoms with van der Waals surface area (Å²) in [4.78, 5) is 34.8. The number of nitrogens with zero attached hydrogens (tertiary/aromatic N) is 3. The van der Waals surface area contributed by atoms with Gasteiger partial charge in [0.15, 0.2) is 0 Å². The molecule has 0 aliphatic rings. The molecule has 0 bridgehead atoms. The second kappa shape index (κ2) is 6.93. The molecule has 7 nitrogen and oxygen atoms in total. The third-order valence-electron chi connectivity index (χ3n) is 4.09. The zero-order chi connectivity index (χ0) is 16.2. The molecule has 0 aliphatic heterocycles. The molecule has 0 N–H and O–H groups in total. The molecule has 0 aliphatic carbocycles. The lowest BCUT2D eigenvalue weighted by Gasteiger charge is -2.30. The number of aryl methyl sites for hydroxylation is 1. The molecule has 0 saturated heterocycles. The Bertz CT molecular complexity index is 623. The fourth-order valence-electron chi connectivity index (χ4n) is 2.21. The maximum atomic E-state index is 12.3. The minimum atomic E-state index is -0.845. The highest BCUT2D eigenvalue weighted by molar-refractivity contribution is 7.80. The number of hydrogen-bond acceptors (Lipinski definition) is 5. The molecule has 0 unspecified atom stereocenters. The zero-order valence-corrected chi connectivity index (χ0v) is 13.4. The highest BCUT2D eigenvalue weighted by Gasteiger charge is 2.29. The van der Waals surface area contributed by atoms with Gasteiger partial charge in [-0.1, -0.05) is 13.8 Å². The molecule has 0 spiro atoms. The van der Waals surface area contributed by atoms with Gasteiger partial charge in [-0.05, 0) is 30.9 Å². The van der Waals surface area contributed by atoms with E-state index in [2.05, 4.69) is 12.6 Å². The fraction of sp³-hybridized carbons (Fsp3) is 0.692. The van der Waals surface area contributed by atoms with Crippen LogP contribution in [0, 0.1) is 15.5 Å². The minimum Gasteiger partial charge on any atom is -0.294 e. The van der Waals surface area contributed by atoms with Gasteiger partial charge in [0, 0.05) is 13.1 Å². The van der Waals surface area contributed by atoms with Crippen molar-refractivity contribution in [3.63, 3.8) is 0 Å². The quantitative estimate of drug-likeness (QED) is 0.471. The van der Waals surface area contributed by atoms with E-state index in [0.29, 0.717) is 5.75 Å². The maximum absolute atomic E-state index is 12.3. The van der Waals surface area contributed by atoms with Gasteiger partial charge in [-0.3, -0.25) is 24.0 Å². The summed E-state index contributed by atoms with van der Waals surface area (Å²) in [6, 6.07) is 0. The van der Waals surface area contributed by atoms with Crippen LogP contribution in [0.3, 0.4) is 0 Å². The number of hydrogen-bond donors (Lipinski definition) is 1. The summed E-state index contributed by atoms with van der Waals surface area (Å²) >= 11 is 4.32. The van der Waals surface area contributed by atoms with Gasteiger partial charge in [0.2, 0.25) is 0 Å². The van der Waals surface area contributed by atoms with Gasteiger partial charge in [-0.15, -0.1) is 0 Å². The van der Waals surface area contributed by atoms with Gasteiger partial charge in [0.1, 0.15) is 0 Å². The van der Waals surface area contributed by atoms with Gasteiger partial charge in [0.05, 0.1) is 11.1 Å². The van der Waals surface area contributed by atoms with Crippen LogP contribution in [-0.2, 0) is 13.1 Å². The lowest BCUT2D eigenvalue weighted by molar-refractivity contribution is -0.387. The summed E-state index contributed by atoms with van der Waals surface area (Å²) in [5, 5.41) is 11.0. The Hall–Kier alpha value is -1.57. The smallest absolute Gasteiger partial charge is 0.294 e. The first-order valence-electron chi connectivity index (χ1n) is 6.95. The minimum absolute atomic E-state index is 0.142. The highest BCUT2D eigenvalue weighted by Crippen LogP contribution is 2.29. The van der Waals surface area contributed by atoms with Crippen LogP contribution in [0.25, 0.3) is 0 Å². The van der Waals surface area contributed by atoms with Gasteiger partial charge in [0.25, 0.3) is 0 Å². The number of thiol groups is 1. The van der Waals surface area contributed by atoms with Crippen molar-refractivity contribution < 1.29 is 4.92 Å². The van der Waals surface area contributed by atoms with Crippen molar-refractivity contribution in [3.8, 4) is 0 Å². The Balaban J connectivity index is 3.55. The van der Waals surface area contributed by atoms with Gasteiger partial charge >= 0.3 is 16.9 Å². The van der Waals surface area contributed by atoms with E-state index >= 15 is 0 Å². The summed E-state index contributed by atoms with van der Waals surface area (Å²) in [7, 11) is 0. The Morgan fingerprint density at radius 3 is 2.24 bits per heavy atom. The molecule has 118 valence electrons. The van der Waals surface area contributed by atoms with Gasteiger partial charge < -0.3 is 0 Å². The first-order valence-corrected chi connectivity index (χ1v) is 7.58. The van der Waals surface area contributed by atoms with Gasteiger partial charge in [-0.2, -0.15) is 12.6 Å². The van der Waals surface area contributed by atoms with Crippen molar-refractivity contribution in [2.45, 2.75) is 46.7 Å². The van der Waals surface area contributed by atoms with E-state index in [0.717, 1.165) is 23.6 Å². The molecule has 0 amide bonds. The average molecular weight is 315 g/mol. The molecule has 0 fully saturated rings. The van der Waals surface area contributed by atoms with Crippen molar-refractivity contribution in [2.24, 2.45) is 5.41 Å². The van der Waals surface area contributed by atoms with Crippen LogP contribution in [0.1, 0.15) is 33.6 Å². The van der Waals surface area contributed by atoms with E-state index in [1.54, 1.807) is 6.92 Å². The number of nitro groups is 1. The van der Waals surface area contributed by atoms with Crippen LogP contribution in [0.2, 0.25) is 0 Å². The molecular formula is C13H21N3O4S. The van der Waals surface area contributed by atoms with Crippen molar-refractivity contribution in [1.82, 2.24) is 9.13 Å². The molecule has 0 atom stereocenters. The summed E-state index contributed by atoms with van der Waals surface area (Å²) in [6.07, 6.45) is 2.48. The molecule has 1 aromatic rings. The molecular weight excluding hydrogens is 294 g/mol. The van der Waals surface area contributed by atoms with Crippen molar-refractivity contribution >= 4 is 18.3 Å². The summed E-state index contributed by atoms with van der Waals surface area (Å²) in [5.41, 5.74) is -2.26. The van der Waals surface area contributed by atoms with Crippen LogP contribution in [0.4, 0.5) is 5.69 Å². The summed E-state index contributed by atoms with van der Waals surface area (Å²) < 4.78 is 2.17. The lowest BCUT2D eigenvalue weighted by atomic mass is 9.84. The predicted octanol–water partition coefficient (Wildman–Crippen LogP) is 1.67. The Labute approximate surface area is 128 Å². The third kappa shape index (κ3) is 3.37. The summed E-state index contributed by atoms with van der Waals surface area (Å²) in [5.74, 6) is 0.501. The third-order valence-corrected chi connectivity index (χ3v) is 4.76. The molecule has 0 radical (unpaired) electrons. The monoisotopic (exact) mass is 315 g/mol. The van der Waals surface area contributed by atoms with Crippen molar-refractivity contribution in [3.05, 3.63) is 37.1 Å². The van der Waals surface area contributed by atoms with Crippen LogP contribution < -0.4 is 11.2 Å². The molecule has 1 aromatic heterocycles. The van der Waals surface area contributed by atoms with E-state index < -0.39 is 21.9 Å². The largest absolute Gasteiger partial charge is 0.350 e. The molecule has 0 saturated carbocycles. The zero-order valence-electron chi connectivity index (χ0n) is 12.5. The summed E-state index contributed by atoms with van der Waals surface area (Å²) in [6.45, 7) is 6.03. The number of aromatic nitrogens is 2. The molecule has 1 rings (SSSR count). The maximum Gasteiger partial charge on any atom is 0.350 e. The topological polar surface area (TPSA) is 87.1 Å². The van der Waals surface area contributed by atoms with Crippen molar-refractivity contribution in [1.29, 1.82) is 0 Å². The van der Waals surface area contributed by atoms with E-state index in [4.69, 9.17) is 0 Å². The second-order valence-electron chi connectivity index (χ2n) is 5.10. The predicted molar refractivity (Wildman–Crippen MR) is 84.2 cm³/mol. The number of rotatable bonds is 7. The Morgan fingerprint density at radius 1 is 1.29 bits per heavy atom. The fourth-order valence-corrected chi connectivity index (χ4v) is 2.76. The van der Waals surface area contributed by atoms with Crippen LogP contribution in [0.5, 0.6) is 0 Å². The first kappa shape index (κ1) is 17.5. The lowest BCUT2D eigenvalue weighted by Crippen LogP contribution is -2.44. The van der Waals surface area contributed by atoms with E-state index in [1.807, 2.05) is 13.8 Å². The van der Waals surface area contributed by atoms with Crippen LogP contribution >= 0.6 is 12.6 Å². The Morgan fingerprint density at radius 2 is 1.86 bits per heavy atom. The van der Waals surface area contributed by atoms with E-state index in [-0.39, 0.29) is 18.5 Å². The normalized spacial score (nSPS) is 11.6. The van der Waals surface area contributed by atoms with Crippen LogP contribution in [0.15, 0.2) is 15.8 Å². The molecule has 8 heteroatoms. The van der Waals surface area contributed by atoms with Gasteiger partial charge in [-0.25, -0.2) is 4.79 Å². The van der Waals surface area contributed by atoms with Crippen molar-refractivity contribution in [2.75, 3.05) is 5.75 Å². The van der Waals surface area contributed by atoms with Crippen LogP contribution in [-0.4, -0.2) is 19.8 Å². The second-order valence-corrected chi connectivity index (χ2v) is 5.41. The van der Waals surface area contributed by atoms with E-state index in [9.17, 15) is 19.7 Å². The molecule has 1 heterocycles. The standard InChI is InChI=1S/C13H21N3O4S/c1-4-13(5-2,9-21)8-15-11(17)10(16(19)20)7-14(6-3)12(15)18/h7,21H,4-6,8-9H2,1-3H3. The Kier molecular flexibility index (Phi) is 5.77. The molecule has 0 aromatic carbocycles. The highest BCUT2D eigenvalue weighted by atomic mass is 32.1.